The molecule has 2 aliphatic rings. The van der Waals surface area contributed by atoms with Gasteiger partial charge in [-0.2, -0.15) is 0 Å². The summed E-state index contributed by atoms with van der Waals surface area (Å²) >= 11 is 0. The van der Waals surface area contributed by atoms with Crippen molar-refractivity contribution in [3.8, 4) is 0 Å². The number of hydrogen-bond donors (Lipinski definition) is 1. The van der Waals surface area contributed by atoms with Gasteiger partial charge in [-0.3, -0.25) is 9.59 Å². The van der Waals surface area contributed by atoms with Crippen molar-refractivity contribution in [2.75, 3.05) is 11.4 Å². The van der Waals surface area contributed by atoms with E-state index in [2.05, 4.69) is 5.32 Å². The molecule has 4 nitrogen and oxygen atoms in total. The van der Waals surface area contributed by atoms with Gasteiger partial charge in [-0.15, -0.1) is 0 Å². The highest BCUT2D eigenvalue weighted by Crippen LogP contribution is 2.29. The number of carbonyl (C=O) groups is 2. The number of carbonyl (C=O) groups excluding carboxylic acids is 2. The summed E-state index contributed by atoms with van der Waals surface area (Å²) in [7, 11) is 0. The highest BCUT2D eigenvalue weighted by atomic mass is 16.2. The fraction of sp³-hybridized carbons (Fsp3) is 0.529. The quantitative estimate of drug-likeness (QED) is 0.908. The van der Waals surface area contributed by atoms with Gasteiger partial charge in [-0.1, -0.05) is 37.5 Å². The lowest BCUT2D eigenvalue weighted by atomic mass is 9.83. The van der Waals surface area contributed by atoms with E-state index in [0.29, 0.717) is 18.9 Å². The normalized spacial score (nSPS) is 24.6. The molecule has 3 rings (SSSR count). The summed E-state index contributed by atoms with van der Waals surface area (Å²) in [6.45, 7) is 0.470. The Hall–Kier alpha value is -1.84. The first kappa shape index (κ1) is 14.1. The minimum atomic E-state index is -0.347. The van der Waals surface area contributed by atoms with Gasteiger partial charge >= 0.3 is 0 Å². The van der Waals surface area contributed by atoms with Gasteiger partial charge in [0.1, 0.15) is 6.04 Å². The average Bonchev–Trinajstić information content (AvgIpc) is 2.68. The number of amides is 2. The number of nitrogens with one attached hydrogen (secondary N) is 1. The molecule has 0 aromatic heterocycles. The van der Waals surface area contributed by atoms with Gasteiger partial charge < -0.3 is 10.2 Å². The number of nitrogens with zero attached hydrogens (tertiary/aromatic N) is 1. The zero-order valence-electron chi connectivity index (χ0n) is 12.3. The van der Waals surface area contributed by atoms with Crippen LogP contribution in [0.5, 0.6) is 0 Å². The third-order valence-corrected chi connectivity index (χ3v) is 4.60. The molecule has 1 unspecified atom stereocenters. The molecule has 1 aromatic rings. The van der Waals surface area contributed by atoms with E-state index < -0.39 is 0 Å². The average molecular weight is 286 g/mol. The molecule has 2 fully saturated rings. The van der Waals surface area contributed by atoms with E-state index in [1.807, 2.05) is 30.3 Å². The molecule has 4 heteroatoms. The van der Waals surface area contributed by atoms with E-state index >= 15 is 0 Å². The van der Waals surface area contributed by atoms with Crippen LogP contribution < -0.4 is 10.2 Å². The Kier molecular flexibility index (Phi) is 4.23. The number of benzene rings is 1. The molecule has 1 aliphatic heterocycles. The third-order valence-electron chi connectivity index (χ3n) is 4.60. The molecular formula is C17H22N2O2. The van der Waals surface area contributed by atoms with E-state index in [4.69, 9.17) is 0 Å². The van der Waals surface area contributed by atoms with Crippen molar-refractivity contribution in [3.63, 3.8) is 0 Å². The molecule has 1 aromatic carbocycles. The standard InChI is InChI=1S/C17H22N2O2/c20-15-11-12-19(14-9-5-2-6-10-14)17(21)16(18-15)13-7-3-1-4-8-13/h2,5-6,9-10,13,16H,1,3-4,7-8,11-12H2,(H,18,20). The van der Waals surface area contributed by atoms with Crippen molar-refractivity contribution >= 4 is 17.5 Å². The Labute approximate surface area is 125 Å². The zero-order chi connectivity index (χ0) is 14.7. The minimum Gasteiger partial charge on any atom is -0.344 e. The lowest BCUT2D eigenvalue weighted by Crippen LogP contribution is -2.49. The van der Waals surface area contributed by atoms with Crippen LogP contribution in [0.2, 0.25) is 0 Å². The molecule has 1 N–H and O–H groups in total. The Bertz CT molecular complexity index is 509. The molecule has 0 radical (unpaired) electrons. The molecule has 1 heterocycles. The molecule has 1 saturated carbocycles. The Morgan fingerprint density at radius 1 is 1.00 bits per heavy atom. The van der Waals surface area contributed by atoms with Crippen LogP contribution in [-0.2, 0) is 9.59 Å². The van der Waals surface area contributed by atoms with Crippen LogP contribution in [0.25, 0.3) is 0 Å². The van der Waals surface area contributed by atoms with Crippen molar-refractivity contribution in [1.29, 1.82) is 0 Å². The molecule has 1 aliphatic carbocycles. The summed E-state index contributed by atoms with van der Waals surface area (Å²) in [5.74, 6) is 0.343. The first-order valence-corrected chi connectivity index (χ1v) is 7.91. The van der Waals surface area contributed by atoms with Crippen molar-refractivity contribution in [2.24, 2.45) is 5.92 Å². The van der Waals surface area contributed by atoms with Crippen LogP contribution in [0.3, 0.4) is 0 Å². The van der Waals surface area contributed by atoms with Crippen molar-refractivity contribution in [3.05, 3.63) is 30.3 Å². The Morgan fingerprint density at radius 2 is 1.71 bits per heavy atom. The summed E-state index contributed by atoms with van der Waals surface area (Å²) < 4.78 is 0. The van der Waals surface area contributed by atoms with Crippen LogP contribution in [-0.4, -0.2) is 24.4 Å². The van der Waals surface area contributed by atoms with Gasteiger partial charge in [0.25, 0.3) is 0 Å². The van der Waals surface area contributed by atoms with Crippen molar-refractivity contribution in [1.82, 2.24) is 5.32 Å². The predicted octanol–water partition coefficient (Wildman–Crippen LogP) is 2.49. The van der Waals surface area contributed by atoms with Crippen LogP contribution >= 0.6 is 0 Å². The summed E-state index contributed by atoms with van der Waals surface area (Å²) in [5.41, 5.74) is 0.889. The van der Waals surface area contributed by atoms with Crippen molar-refractivity contribution < 1.29 is 9.59 Å². The number of rotatable bonds is 2. The van der Waals surface area contributed by atoms with Crippen LogP contribution in [0.4, 0.5) is 5.69 Å². The predicted molar refractivity (Wildman–Crippen MR) is 81.9 cm³/mol. The molecule has 0 bridgehead atoms. The second-order valence-corrected chi connectivity index (χ2v) is 6.02. The van der Waals surface area contributed by atoms with Gasteiger partial charge in [-0.05, 0) is 30.9 Å². The van der Waals surface area contributed by atoms with E-state index in [9.17, 15) is 9.59 Å². The van der Waals surface area contributed by atoms with E-state index in [1.54, 1.807) is 4.90 Å². The highest BCUT2D eigenvalue weighted by Gasteiger charge is 2.36. The Morgan fingerprint density at radius 3 is 2.43 bits per heavy atom. The lowest BCUT2D eigenvalue weighted by Gasteiger charge is -2.31. The maximum absolute atomic E-state index is 12.9. The maximum Gasteiger partial charge on any atom is 0.249 e. The first-order valence-electron chi connectivity index (χ1n) is 7.91. The molecule has 112 valence electrons. The summed E-state index contributed by atoms with van der Waals surface area (Å²) in [6.07, 6.45) is 6.03. The van der Waals surface area contributed by atoms with Crippen LogP contribution in [0.1, 0.15) is 38.5 Å². The third kappa shape index (κ3) is 3.09. The second kappa shape index (κ2) is 6.29. The fourth-order valence-corrected chi connectivity index (χ4v) is 3.45. The number of hydrogen-bond acceptors (Lipinski definition) is 2. The fourth-order valence-electron chi connectivity index (χ4n) is 3.45. The highest BCUT2D eigenvalue weighted by molar-refractivity contribution is 6.01. The van der Waals surface area contributed by atoms with Crippen LogP contribution in [0, 0.1) is 5.92 Å². The smallest absolute Gasteiger partial charge is 0.249 e. The summed E-state index contributed by atoms with van der Waals surface area (Å²) in [4.78, 5) is 26.6. The molecule has 21 heavy (non-hydrogen) atoms. The molecular weight excluding hydrogens is 264 g/mol. The summed E-state index contributed by atoms with van der Waals surface area (Å²) in [6, 6.07) is 9.32. The monoisotopic (exact) mass is 286 g/mol. The zero-order valence-corrected chi connectivity index (χ0v) is 12.3. The number of para-hydroxylation sites is 1. The van der Waals surface area contributed by atoms with Gasteiger partial charge in [0, 0.05) is 18.7 Å². The second-order valence-electron chi connectivity index (χ2n) is 6.02. The molecule has 2 amide bonds. The van der Waals surface area contributed by atoms with Gasteiger partial charge in [0.15, 0.2) is 0 Å². The van der Waals surface area contributed by atoms with Crippen LogP contribution in [0.15, 0.2) is 30.3 Å². The molecule has 1 atom stereocenters. The molecule has 0 spiro atoms. The van der Waals surface area contributed by atoms with E-state index in [1.165, 1.54) is 6.42 Å². The number of anilines is 1. The first-order chi connectivity index (χ1) is 10.3. The van der Waals surface area contributed by atoms with Gasteiger partial charge in [-0.25, -0.2) is 0 Å². The minimum absolute atomic E-state index is 0.00245. The van der Waals surface area contributed by atoms with E-state index in [0.717, 1.165) is 31.4 Å². The maximum atomic E-state index is 12.9. The largest absolute Gasteiger partial charge is 0.344 e. The van der Waals surface area contributed by atoms with Gasteiger partial charge in [0.2, 0.25) is 11.8 Å². The van der Waals surface area contributed by atoms with Gasteiger partial charge in [0.05, 0.1) is 0 Å². The SMILES string of the molecule is O=C1CCN(c2ccccc2)C(=O)C(C2CCCCC2)N1. The van der Waals surface area contributed by atoms with E-state index in [-0.39, 0.29) is 17.9 Å². The molecule has 1 saturated heterocycles. The summed E-state index contributed by atoms with van der Waals surface area (Å²) in [5, 5.41) is 2.97. The topological polar surface area (TPSA) is 49.4 Å². The lowest BCUT2D eigenvalue weighted by molar-refractivity contribution is -0.127. The Balaban J connectivity index is 1.85. The van der Waals surface area contributed by atoms with Crippen molar-refractivity contribution in [2.45, 2.75) is 44.6 Å².